The molecule has 0 aliphatic carbocycles. The molecule has 6 nitrogen and oxygen atoms in total. The highest BCUT2D eigenvalue weighted by atomic mass is 15.3. The van der Waals surface area contributed by atoms with Crippen molar-refractivity contribution in [2.45, 2.75) is 0 Å². The number of hydrogen-bond acceptors (Lipinski definition) is 5. The lowest BCUT2D eigenvalue weighted by Gasteiger charge is -2.04. The fourth-order valence-corrected chi connectivity index (χ4v) is 1.56. The summed E-state index contributed by atoms with van der Waals surface area (Å²) in [6.07, 6.45) is 4.54. The number of anilines is 1. The highest BCUT2D eigenvalue weighted by Gasteiger charge is 2.05. The molecule has 0 radical (unpaired) electrons. The Hall–Kier alpha value is -2.50. The maximum atomic E-state index is 5.70. The Morgan fingerprint density at radius 3 is 2.88 bits per heavy atom. The van der Waals surface area contributed by atoms with E-state index in [-0.39, 0.29) is 0 Å². The monoisotopic (exact) mass is 212 g/mol. The summed E-state index contributed by atoms with van der Waals surface area (Å²) >= 11 is 0. The number of fused-ring (bicyclic) bond motifs is 1. The minimum Gasteiger partial charge on any atom is -0.399 e. The minimum atomic E-state index is 0.677. The normalized spacial score (nSPS) is 10.8. The van der Waals surface area contributed by atoms with E-state index >= 15 is 0 Å². The average molecular weight is 212 g/mol. The lowest BCUT2D eigenvalue weighted by Crippen LogP contribution is -2.00. The maximum absolute atomic E-state index is 5.70. The molecule has 0 saturated carbocycles. The third-order valence-corrected chi connectivity index (χ3v) is 2.28. The maximum Gasteiger partial charge on any atom is 0.166 e. The van der Waals surface area contributed by atoms with Gasteiger partial charge >= 0.3 is 0 Å². The highest BCUT2D eigenvalue weighted by Crippen LogP contribution is 2.19. The van der Waals surface area contributed by atoms with Crippen molar-refractivity contribution in [1.29, 1.82) is 0 Å². The van der Waals surface area contributed by atoms with Gasteiger partial charge in [-0.25, -0.2) is 19.6 Å². The Balaban J connectivity index is 2.34. The second-order valence-corrected chi connectivity index (χ2v) is 3.31. The van der Waals surface area contributed by atoms with Gasteiger partial charge in [-0.3, -0.25) is 0 Å². The summed E-state index contributed by atoms with van der Waals surface area (Å²) in [5.41, 5.74) is 7.17. The number of hydrogen-bond donors (Lipinski definition) is 1. The summed E-state index contributed by atoms with van der Waals surface area (Å²) in [6.45, 7) is 0. The summed E-state index contributed by atoms with van der Waals surface area (Å²) in [5.74, 6) is 0.697. The summed E-state index contributed by atoms with van der Waals surface area (Å²) in [6, 6.07) is 5.49. The van der Waals surface area contributed by atoms with Gasteiger partial charge in [-0.1, -0.05) is 0 Å². The van der Waals surface area contributed by atoms with E-state index in [4.69, 9.17) is 5.73 Å². The summed E-state index contributed by atoms with van der Waals surface area (Å²) in [7, 11) is 0. The van der Waals surface area contributed by atoms with E-state index in [1.165, 1.54) is 12.7 Å². The molecule has 2 aromatic heterocycles. The van der Waals surface area contributed by atoms with Gasteiger partial charge in [0.25, 0.3) is 0 Å². The molecule has 0 spiro atoms. The second-order valence-electron chi connectivity index (χ2n) is 3.31. The Labute approximate surface area is 90.8 Å². The number of rotatable bonds is 1. The van der Waals surface area contributed by atoms with Crippen LogP contribution in [0.1, 0.15) is 0 Å². The molecule has 3 rings (SSSR count). The first-order valence-electron chi connectivity index (χ1n) is 4.70. The van der Waals surface area contributed by atoms with E-state index in [0.717, 1.165) is 10.9 Å². The van der Waals surface area contributed by atoms with Crippen LogP contribution in [0.3, 0.4) is 0 Å². The second kappa shape index (κ2) is 3.27. The predicted molar refractivity (Wildman–Crippen MR) is 58.9 cm³/mol. The number of aromatic nitrogens is 5. The largest absolute Gasteiger partial charge is 0.399 e. The first-order chi connectivity index (χ1) is 7.84. The zero-order valence-electron chi connectivity index (χ0n) is 8.28. The van der Waals surface area contributed by atoms with Crippen molar-refractivity contribution in [1.82, 2.24) is 24.7 Å². The van der Waals surface area contributed by atoms with Crippen LogP contribution in [0.2, 0.25) is 0 Å². The molecule has 0 aliphatic rings. The third kappa shape index (κ3) is 1.28. The van der Waals surface area contributed by atoms with E-state index in [1.54, 1.807) is 17.1 Å². The molecule has 0 saturated heterocycles. The summed E-state index contributed by atoms with van der Waals surface area (Å²) in [4.78, 5) is 12.2. The van der Waals surface area contributed by atoms with E-state index in [2.05, 4.69) is 20.1 Å². The van der Waals surface area contributed by atoms with Crippen LogP contribution in [-0.2, 0) is 0 Å². The van der Waals surface area contributed by atoms with Crippen LogP contribution >= 0.6 is 0 Å². The van der Waals surface area contributed by atoms with Gasteiger partial charge in [0.1, 0.15) is 19.0 Å². The van der Waals surface area contributed by atoms with Crippen LogP contribution in [0.15, 0.2) is 37.2 Å². The van der Waals surface area contributed by atoms with E-state index in [1.807, 2.05) is 12.1 Å². The number of nitrogen functional groups attached to an aromatic ring is 1. The van der Waals surface area contributed by atoms with Crippen molar-refractivity contribution in [3.63, 3.8) is 0 Å². The quantitative estimate of drug-likeness (QED) is 0.603. The van der Waals surface area contributed by atoms with Crippen molar-refractivity contribution in [3.8, 4) is 5.82 Å². The summed E-state index contributed by atoms with van der Waals surface area (Å²) in [5, 5.41) is 4.93. The average Bonchev–Trinajstić information content (AvgIpc) is 2.81. The lowest BCUT2D eigenvalue weighted by molar-refractivity contribution is 0.849. The molecule has 1 aromatic carbocycles. The molecule has 2 N–H and O–H groups in total. The van der Waals surface area contributed by atoms with Gasteiger partial charge in [0, 0.05) is 11.1 Å². The molecule has 0 fully saturated rings. The molecule has 6 heteroatoms. The van der Waals surface area contributed by atoms with Crippen LogP contribution in [0.4, 0.5) is 5.69 Å². The van der Waals surface area contributed by atoms with Gasteiger partial charge in [-0.2, -0.15) is 5.10 Å². The van der Waals surface area contributed by atoms with Gasteiger partial charge in [-0.15, -0.1) is 0 Å². The molecular formula is C10H8N6. The zero-order valence-corrected chi connectivity index (χ0v) is 8.28. The molecule has 0 atom stereocenters. The Bertz CT molecular complexity index is 631. The molecule has 16 heavy (non-hydrogen) atoms. The number of nitrogens with zero attached hydrogens (tertiary/aromatic N) is 5. The van der Waals surface area contributed by atoms with Gasteiger partial charge in [0.05, 0.1) is 5.52 Å². The van der Waals surface area contributed by atoms with Gasteiger partial charge in [0.15, 0.2) is 5.82 Å². The van der Waals surface area contributed by atoms with Crippen LogP contribution in [0.25, 0.3) is 16.7 Å². The first kappa shape index (κ1) is 8.78. The molecule has 0 unspecified atom stereocenters. The molecular weight excluding hydrogens is 204 g/mol. The summed E-state index contributed by atoms with van der Waals surface area (Å²) < 4.78 is 1.60. The standard InChI is InChI=1S/C10H8N6/c11-7-1-2-8-9(3-7)13-5-14-10(8)16-6-12-4-15-16/h1-6H,11H2. The highest BCUT2D eigenvalue weighted by molar-refractivity contribution is 5.87. The Morgan fingerprint density at radius 1 is 1.12 bits per heavy atom. The fraction of sp³-hybridized carbons (Fsp3) is 0. The first-order valence-corrected chi connectivity index (χ1v) is 4.70. The molecule has 2 heterocycles. The molecule has 3 aromatic rings. The van der Waals surface area contributed by atoms with Gasteiger partial charge in [0.2, 0.25) is 0 Å². The van der Waals surface area contributed by atoms with Crippen LogP contribution in [0, 0.1) is 0 Å². The molecule has 0 aliphatic heterocycles. The molecule has 78 valence electrons. The SMILES string of the molecule is Nc1ccc2c(-n3cncn3)ncnc2c1. The van der Waals surface area contributed by atoms with Gasteiger partial charge < -0.3 is 5.73 Å². The van der Waals surface area contributed by atoms with Crippen molar-refractivity contribution < 1.29 is 0 Å². The zero-order chi connectivity index (χ0) is 11.0. The lowest BCUT2D eigenvalue weighted by atomic mass is 10.2. The van der Waals surface area contributed by atoms with Gasteiger partial charge in [-0.05, 0) is 18.2 Å². The number of benzene rings is 1. The Kier molecular flexibility index (Phi) is 1.79. The van der Waals surface area contributed by atoms with Crippen molar-refractivity contribution in [3.05, 3.63) is 37.2 Å². The van der Waals surface area contributed by atoms with Crippen LogP contribution in [-0.4, -0.2) is 24.7 Å². The van der Waals surface area contributed by atoms with E-state index in [9.17, 15) is 0 Å². The van der Waals surface area contributed by atoms with Crippen molar-refractivity contribution >= 4 is 16.6 Å². The van der Waals surface area contributed by atoms with Crippen LogP contribution < -0.4 is 5.73 Å². The number of nitrogens with two attached hydrogens (primary N) is 1. The van der Waals surface area contributed by atoms with Crippen LogP contribution in [0.5, 0.6) is 0 Å². The van der Waals surface area contributed by atoms with E-state index < -0.39 is 0 Å². The molecule has 0 amide bonds. The van der Waals surface area contributed by atoms with E-state index in [0.29, 0.717) is 11.5 Å². The minimum absolute atomic E-state index is 0.677. The predicted octanol–water partition coefficient (Wildman–Crippen LogP) is 0.793. The Morgan fingerprint density at radius 2 is 2.06 bits per heavy atom. The smallest absolute Gasteiger partial charge is 0.166 e. The fourth-order valence-electron chi connectivity index (χ4n) is 1.56. The molecule has 0 bridgehead atoms. The topological polar surface area (TPSA) is 82.5 Å². The van der Waals surface area contributed by atoms with Crippen molar-refractivity contribution in [2.75, 3.05) is 5.73 Å². The third-order valence-electron chi connectivity index (χ3n) is 2.28. The van der Waals surface area contributed by atoms with Crippen molar-refractivity contribution in [2.24, 2.45) is 0 Å².